The van der Waals surface area contributed by atoms with Crippen molar-refractivity contribution in [2.75, 3.05) is 13.1 Å². The molecule has 3 rings (SSSR count). The number of hydrogen-bond acceptors (Lipinski definition) is 2. The third-order valence-electron chi connectivity index (χ3n) is 4.33. The van der Waals surface area contributed by atoms with Crippen molar-refractivity contribution in [3.8, 4) is 0 Å². The Kier molecular flexibility index (Phi) is 5.81. The second-order valence-corrected chi connectivity index (χ2v) is 5.90. The zero-order valence-corrected chi connectivity index (χ0v) is 13.5. The average molecular weight is 319 g/mol. The second-order valence-electron chi connectivity index (χ2n) is 5.90. The van der Waals surface area contributed by atoms with Gasteiger partial charge in [0.15, 0.2) is 0 Å². The molecule has 22 heavy (non-hydrogen) atoms. The summed E-state index contributed by atoms with van der Waals surface area (Å²) in [6.45, 7) is 1.63. The molecule has 0 aliphatic carbocycles. The number of aryl methyl sites for hydroxylation is 1. The summed E-state index contributed by atoms with van der Waals surface area (Å²) in [6, 6.07) is 15.1. The van der Waals surface area contributed by atoms with Gasteiger partial charge >= 0.3 is 0 Å². The highest BCUT2D eigenvalue weighted by Gasteiger charge is 2.19. The first-order valence-corrected chi connectivity index (χ1v) is 7.73. The Morgan fingerprint density at radius 3 is 2.50 bits per heavy atom. The van der Waals surface area contributed by atoms with Crippen molar-refractivity contribution in [3.63, 3.8) is 0 Å². The van der Waals surface area contributed by atoms with E-state index in [-0.39, 0.29) is 24.4 Å². The van der Waals surface area contributed by atoms with Gasteiger partial charge in [-0.25, -0.2) is 0 Å². The third kappa shape index (κ3) is 3.99. The Bertz CT molecular complexity index is 636. The van der Waals surface area contributed by atoms with E-state index in [1.807, 2.05) is 17.0 Å². The molecule has 2 aromatic rings. The summed E-state index contributed by atoms with van der Waals surface area (Å²) >= 11 is 0. The Hall–Kier alpha value is -1.58. The normalized spacial score (nSPS) is 15.6. The van der Waals surface area contributed by atoms with E-state index in [0.29, 0.717) is 6.42 Å². The van der Waals surface area contributed by atoms with Crippen molar-refractivity contribution >= 4 is 29.1 Å². The Balaban J connectivity index is 0.00000176. The molecule has 1 amide bonds. The molecule has 1 aliphatic heterocycles. The van der Waals surface area contributed by atoms with Gasteiger partial charge in [-0.2, -0.15) is 0 Å². The maximum atomic E-state index is 12.2. The number of amides is 1. The van der Waals surface area contributed by atoms with Crippen molar-refractivity contribution in [1.29, 1.82) is 0 Å². The van der Waals surface area contributed by atoms with Crippen LogP contribution in [0.5, 0.6) is 0 Å². The van der Waals surface area contributed by atoms with Crippen LogP contribution in [0, 0.1) is 0 Å². The molecule has 4 heteroatoms. The minimum Gasteiger partial charge on any atom is -0.343 e. The van der Waals surface area contributed by atoms with Crippen molar-refractivity contribution in [1.82, 2.24) is 4.90 Å². The number of nitrogens with two attached hydrogens (primary N) is 1. The number of piperidine rings is 1. The summed E-state index contributed by atoms with van der Waals surface area (Å²) in [6.07, 6.45) is 3.27. The molecular formula is C18H23ClN2O. The summed E-state index contributed by atoms with van der Waals surface area (Å²) in [5.41, 5.74) is 7.11. The van der Waals surface area contributed by atoms with Gasteiger partial charge in [-0.3, -0.25) is 4.79 Å². The lowest BCUT2D eigenvalue weighted by Gasteiger charge is -2.30. The molecule has 118 valence electrons. The van der Waals surface area contributed by atoms with Gasteiger partial charge in [0.05, 0.1) is 0 Å². The van der Waals surface area contributed by atoms with Crippen molar-refractivity contribution < 1.29 is 4.79 Å². The molecular weight excluding hydrogens is 296 g/mol. The second kappa shape index (κ2) is 7.61. The average Bonchev–Trinajstić information content (AvgIpc) is 2.53. The predicted molar refractivity (Wildman–Crippen MR) is 93.3 cm³/mol. The number of likely N-dealkylation sites (tertiary alicyclic amines) is 1. The molecule has 0 aromatic heterocycles. The number of benzene rings is 2. The topological polar surface area (TPSA) is 46.3 Å². The fourth-order valence-electron chi connectivity index (χ4n) is 2.95. The maximum Gasteiger partial charge on any atom is 0.222 e. The summed E-state index contributed by atoms with van der Waals surface area (Å²) < 4.78 is 0. The molecule has 0 unspecified atom stereocenters. The molecule has 0 spiro atoms. The first-order chi connectivity index (χ1) is 10.2. The van der Waals surface area contributed by atoms with Crippen molar-refractivity contribution in [3.05, 3.63) is 48.0 Å². The Labute approximate surface area is 137 Å². The monoisotopic (exact) mass is 318 g/mol. The van der Waals surface area contributed by atoms with Crippen LogP contribution >= 0.6 is 12.4 Å². The van der Waals surface area contributed by atoms with E-state index in [4.69, 9.17) is 5.73 Å². The van der Waals surface area contributed by atoms with Gasteiger partial charge in [0.2, 0.25) is 5.91 Å². The highest BCUT2D eigenvalue weighted by Crippen LogP contribution is 2.17. The molecule has 3 nitrogen and oxygen atoms in total. The predicted octanol–water partition coefficient (Wildman–Crippen LogP) is 3.14. The zero-order valence-electron chi connectivity index (χ0n) is 12.7. The van der Waals surface area contributed by atoms with Gasteiger partial charge in [0.1, 0.15) is 0 Å². The standard InChI is InChI=1S/C18H22N2O.ClH/c19-17-9-11-20(12-10-17)18(21)8-6-14-5-7-15-3-1-2-4-16(15)13-14;/h1-5,7,13,17H,6,8-12,19H2;1H. The molecule has 2 N–H and O–H groups in total. The van der Waals surface area contributed by atoms with Crippen molar-refractivity contribution in [2.45, 2.75) is 31.7 Å². The maximum absolute atomic E-state index is 12.2. The fourth-order valence-corrected chi connectivity index (χ4v) is 2.95. The highest BCUT2D eigenvalue weighted by molar-refractivity contribution is 5.85. The quantitative estimate of drug-likeness (QED) is 0.945. The largest absolute Gasteiger partial charge is 0.343 e. The summed E-state index contributed by atoms with van der Waals surface area (Å²) in [4.78, 5) is 14.2. The molecule has 1 fully saturated rings. The number of halogens is 1. The van der Waals surface area contributed by atoms with Gasteiger partial charge in [0.25, 0.3) is 0 Å². The molecule has 0 atom stereocenters. The number of hydrogen-bond donors (Lipinski definition) is 1. The van der Waals surface area contributed by atoms with Gasteiger partial charge in [-0.1, -0.05) is 42.5 Å². The highest BCUT2D eigenvalue weighted by atomic mass is 35.5. The van der Waals surface area contributed by atoms with E-state index < -0.39 is 0 Å². The molecule has 0 radical (unpaired) electrons. The van der Waals surface area contributed by atoms with Crippen LogP contribution in [-0.2, 0) is 11.2 Å². The molecule has 1 saturated heterocycles. The third-order valence-corrected chi connectivity index (χ3v) is 4.33. The number of rotatable bonds is 3. The Morgan fingerprint density at radius 1 is 1.09 bits per heavy atom. The van der Waals surface area contributed by atoms with E-state index in [1.165, 1.54) is 16.3 Å². The number of fused-ring (bicyclic) bond motifs is 1. The molecule has 1 aliphatic rings. The van der Waals surface area contributed by atoms with Crippen LogP contribution in [0.25, 0.3) is 10.8 Å². The lowest BCUT2D eigenvalue weighted by atomic mass is 10.0. The molecule has 0 saturated carbocycles. The van der Waals surface area contributed by atoms with Crippen LogP contribution in [0.4, 0.5) is 0 Å². The molecule has 2 aromatic carbocycles. The first-order valence-electron chi connectivity index (χ1n) is 7.73. The number of carbonyl (C=O) groups is 1. The summed E-state index contributed by atoms with van der Waals surface area (Å²) in [5, 5.41) is 2.49. The van der Waals surface area contributed by atoms with E-state index in [9.17, 15) is 4.79 Å². The van der Waals surface area contributed by atoms with Crippen molar-refractivity contribution in [2.24, 2.45) is 5.73 Å². The lowest BCUT2D eigenvalue weighted by molar-refractivity contribution is -0.132. The SMILES string of the molecule is Cl.NC1CCN(C(=O)CCc2ccc3ccccc3c2)CC1. The minimum atomic E-state index is 0. The Morgan fingerprint density at radius 2 is 1.77 bits per heavy atom. The number of nitrogens with zero attached hydrogens (tertiary/aromatic N) is 1. The van der Waals surface area contributed by atoms with Crippen LogP contribution in [0.1, 0.15) is 24.8 Å². The van der Waals surface area contributed by atoms with Gasteiger partial charge < -0.3 is 10.6 Å². The van der Waals surface area contributed by atoms with Gasteiger partial charge in [-0.05, 0) is 35.6 Å². The zero-order chi connectivity index (χ0) is 14.7. The minimum absolute atomic E-state index is 0. The van der Waals surface area contributed by atoms with E-state index in [2.05, 4.69) is 30.3 Å². The fraction of sp³-hybridized carbons (Fsp3) is 0.389. The van der Waals surface area contributed by atoms with Crippen LogP contribution in [0.2, 0.25) is 0 Å². The van der Waals surface area contributed by atoms with E-state index in [0.717, 1.165) is 32.4 Å². The molecule has 1 heterocycles. The molecule has 0 bridgehead atoms. The van der Waals surface area contributed by atoms with Crippen LogP contribution < -0.4 is 5.73 Å². The van der Waals surface area contributed by atoms with E-state index >= 15 is 0 Å². The summed E-state index contributed by atoms with van der Waals surface area (Å²) in [7, 11) is 0. The van der Waals surface area contributed by atoms with Gasteiger partial charge in [-0.15, -0.1) is 12.4 Å². The first kappa shape index (κ1) is 16.8. The smallest absolute Gasteiger partial charge is 0.222 e. The van der Waals surface area contributed by atoms with E-state index in [1.54, 1.807) is 0 Å². The van der Waals surface area contributed by atoms with Gasteiger partial charge in [0, 0.05) is 25.6 Å². The summed E-state index contributed by atoms with van der Waals surface area (Å²) in [5.74, 6) is 0.259. The van der Waals surface area contributed by atoms with Crippen LogP contribution in [-0.4, -0.2) is 29.9 Å². The number of carbonyl (C=O) groups excluding carboxylic acids is 1. The lowest BCUT2D eigenvalue weighted by Crippen LogP contribution is -2.42. The van der Waals surface area contributed by atoms with Crippen LogP contribution in [0.15, 0.2) is 42.5 Å². The van der Waals surface area contributed by atoms with Crippen LogP contribution in [0.3, 0.4) is 0 Å².